The summed E-state index contributed by atoms with van der Waals surface area (Å²) in [6.45, 7) is 0.685. The van der Waals surface area contributed by atoms with Crippen LogP contribution in [-0.2, 0) is 4.79 Å². The predicted molar refractivity (Wildman–Crippen MR) is 123 cm³/mol. The van der Waals surface area contributed by atoms with Gasteiger partial charge >= 0.3 is 0 Å². The van der Waals surface area contributed by atoms with E-state index in [9.17, 15) is 9.59 Å². The van der Waals surface area contributed by atoms with E-state index < -0.39 is 6.04 Å². The number of benzene rings is 2. The molecule has 0 saturated heterocycles. The molecule has 0 radical (unpaired) electrons. The molecule has 0 aliphatic carbocycles. The molecule has 0 heterocycles. The SMILES string of the molecule is CSCCC(NC(=O)c1ccccc1Br)C(=O)N(C)CCOc1ccccc1Cl. The molecule has 1 atom stereocenters. The Labute approximate surface area is 189 Å². The number of carbonyl (C=O) groups excluding carboxylic acids is 2. The molecule has 0 bridgehead atoms. The second kappa shape index (κ2) is 12.1. The predicted octanol–water partition coefficient (Wildman–Crippen LogP) is 4.49. The van der Waals surface area contributed by atoms with Gasteiger partial charge in [0.15, 0.2) is 0 Å². The zero-order valence-electron chi connectivity index (χ0n) is 16.4. The fraction of sp³-hybridized carbons (Fsp3) is 0.333. The number of ether oxygens (including phenoxy) is 1. The lowest BCUT2D eigenvalue weighted by Gasteiger charge is -2.25. The maximum atomic E-state index is 12.9. The Morgan fingerprint density at radius 3 is 2.59 bits per heavy atom. The van der Waals surface area contributed by atoms with Gasteiger partial charge in [0.1, 0.15) is 18.4 Å². The van der Waals surface area contributed by atoms with Crippen LogP contribution < -0.4 is 10.1 Å². The van der Waals surface area contributed by atoms with E-state index in [2.05, 4.69) is 21.2 Å². The lowest BCUT2D eigenvalue weighted by atomic mass is 10.1. The molecule has 0 saturated carbocycles. The second-order valence-corrected chi connectivity index (χ2v) is 8.57. The van der Waals surface area contributed by atoms with E-state index >= 15 is 0 Å². The highest BCUT2D eigenvalue weighted by atomic mass is 79.9. The summed E-state index contributed by atoms with van der Waals surface area (Å²) in [7, 11) is 1.70. The quantitative estimate of drug-likeness (QED) is 0.523. The van der Waals surface area contributed by atoms with Gasteiger partial charge in [-0.1, -0.05) is 35.9 Å². The van der Waals surface area contributed by atoms with Crippen molar-refractivity contribution < 1.29 is 14.3 Å². The Morgan fingerprint density at radius 1 is 1.21 bits per heavy atom. The van der Waals surface area contributed by atoms with E-state index in [1.807, 2.05) is 24.5 Å². The van der Waals surface area contributed by atoms with E-state index in [0.717, 1.165) is 5.75 Å². The summed E-state index contributed by atoms with van der Waals surface area (Å²) in [4.78, 5) is 27.1. The number of para-hydroxylation sites is 1. The first kappa shape index (κ1) is 23.6. The first-order chi connectivity index (χ1) is 13.9. The van der Waals surface area contributed by atoms with E-state index in [4.69, 9.17) is 16.3 Å². The molecule has 156 valence electrons. The Kier molecular flexibility index (Phi) is 9.84. The van der Waals surface area contributed by atoms with Gasteiger partial charge in [0.2, 0.25) is 5.91 Å². The zero-order chi connectivity index (χ0) is 21.2. The summed E-state index contributed by atoms with van der Waals surface area (Å²) >= 11 is 11.1. The average Bonchev–Trinajstić information content (AvgIpc) is 2.72. The van der Waals surface area contributed by atoms with Crippen LogP contribution in [0.2, 0.25) is 5.02 Å². The average molecular weight is 500 g/mol. The van der Waals surface area contributed by atoms with Crippen LogP contribution in [0.1, 0.15) is 16.8 Å². The Bertz CT molecular complexity index is 837. The summed E-state index contributed by atoms with van der Waals surface area (Å²) in [6, 6.07) is 13.7. The monoisotopic (exact) mass is 498 g/mol. The molecule has 2 aromatic carbocycles. The van der Waals surface area contributed by atoms with Crippen molar-refractivity contribution in [1.29, 1.82) is 0 Å². The van der Waals surface area contributed by atoms with Crippen LogP contribution in [-0.4, -0.2) is 55.0 Å². The fourth-order valence-corrected chi connectivity index (χ4v) is 3.73. The van der Waals surface area contributed by atoms with Crippen LogP contribution in [0.15, 0.2) is 53.0 Å². The standard InChI is InChI=1S/C21H24BrClN2O3S/c1-25(12-13-28-19-10-6-5-9-17(19)23)21(27)18(11-14-29-2)24-20(26)15-7-3-4-8-16(15)22/h3-10,18H,11-14H2,1-2H3,(H,24,26). The number of hydrogen-bond donors (Lipinski definition) is 1. The summed E-state index contributed by atoms with van der Waals surface area (Å²) in [5.74, 6) is 0.910. The van der Waals surface area contributed by atoms with Crippen LogP contribution in [0.25, 0.3) is 0 Å². The summed E-state index contributed by atoms with van der Waals surface area (Å²) in [6.07, 6.45) is 2.52. The number of hydrogen-bond acceptors (Lipinski definition) is 4. The molecule has 2 aromatic rings. The van der Waals surface area contributed by atoms with E-state index in [-0.39, 0.29) is 11.8 Å². The molecular formula is C21H24BrClN2O3S. The van der Waals surface area contributed by atoms with Crippen LogP contribution in [0.5, 0.6) is 5.75 Å². The van der Waals surface area contributed by atoms with Crippen molar-refractivity contribution in [2.24, 2.45) is 0 Å². The lowest BCUT2D eigenvalue weighted by molar-refractivity contribution is -0.132. The minimum Gasteiger partial charge on any atom is -0.490 e. The first-order valence-electron chi connectivity index (χ1n) is 9.10. The Morgan fingerprint density at radius 2 is 1.90 bits per heavy atom. The molecule has 0 aliphatic heterocycles. The molecule has 8 heteroatoms. The van der Waals surface area contributed by atoms with Crippen molar-refractivity contribution in [1.82, 2.24) is 10.2 Å². The van der Waals surface area contributed by atoms with Crippen molar-refractivity contribution in [3.8, 4) is 5.75 Å². The van der Waals surface area contributed by atoms with Crippen LogP contribution >= 0.6 is 39.3 Å². The van der Waals surface area contributed by atoms with Gasteiger partial charge in [-0.25, -0.2) is 0 Å². The number of halogens is 2. The number of nitrogens with zero attached hydrogens (tertiary/aromatic N) is 1. The normalized spacial score (nSPS) is 11.6. The smallest absolute Gasteiger partial charge is 0.253 e. The van der Waals surface area contributed by atoms with Crippen molar-refractivity contribution in [2.75, 3.05) is 32.2 Å². The number of likely N-dealkylation sites (N-methyl/N-ethyl adjacent to an activating group) is 1. The highest BCUT2D eigenvalue weighted by Crippen LogP contribution is 2.23. The topological polar surface area (TPSA) is 58.6 Å². The molecule has 0 aromatic heterocycles. The first-order valence-corrected chi connectivity index (χ1v) is 11.7. The molecule has 1 unspecified atom stereocenters. The van der Waals surface area contributed by atoms with Gasteiger partial charge in [0.05, 0.1) is 17.1 Å². The van der Waals surface area contributed by atoms with Gasteiger partial charge in [-0.15, -0.1) is 0 Å². The van der Waals surface area contributed by atoms with Crippen molar-refractivity contribution in [2.45, 2.75) is 12.5 Å². The summed E-state index contributed by atoms with van der Waals surface area (Å²) < 4.78 is 6.35. The number of thioether (sulfide) groups is 1. The number of carbonyl (C=O) groups is 2. The fourth-order valence-electron chi connectivity index (χ4n) is 2.60. The van der Waals surface area contributed by atoms with Gasteiger partial charge in [-0.05, 0) is 58.6 Å². The molecule has 1 N–H and O–H groups in total. The number of nitrogens with one attached hydrogen (secondary N) is 1. The van der Waals surface area contributed by atoms with Gasteiger partial charge < -0.3 is 15.0 Å². The molecule has 29 heavy (non-hydrogen) atoms. The van der Waals surface area contributed by atoms with E-state index in [1.54, 1.807) is 54.0 Å². The van der Waals surface area contributed by atoms with Crippen LogP contribution in [0.4, 0.5) is 0 Å². The molecule has 0 fully saturated rings. The van der Waals surface area contributed by atoms with Crippen LogP contribution in [0.3, 0.4) is 0 Å². The minimum atomic E-state index is -0.604. The highest BCUT2D eigenvalue weighted by Gasteiger charge is 2.24. The van der Waals surface area contributed by atoms with Crippen molar-refractivity contribution in [3.63, 3.8) is 0 Å². The van der Waals surface area contributed by atoms with Crippen molar-refractivity contribution in [3.05, 3.63) is 63.6 Å². The third-order valence-corrected chi connectivity index (χ3v) is 5.88. The maximum absolute atomic E-state index is 12.9. The second-order valence-electron chi connectivity index (χ2n) is 6.33. The van der Waals surface area contributed by atoms with E-state index in [1.165, 1.54) is 0 Å². The molecule has 0 spiro atoms. The van der Waals surface area contributed by atoms with Gasteiger partial charge in [0.25, 0.3) is 5.91 Å². The largest absolute Gasteiger partial charge is 0.490 e. The zero-order valence-corrected chi connectivity index (χ0v) is 19.5. The van der Waals surface area contributed by atoms with Gasteiger partial charge in [-0.2, -0.15) is 11.8 Å². The molecule has 2 rings (SSSR count). The molecular weight excluding hydrogens is 476 g/mol. The Balaban J connectivity index is 1.96. The Hall–Kier alpha value is -1.70. The molecule has 5 nitrogen and oxygen atoms in total. The maximum Gasteiger partial charge on any atom is 0.253 e. The summed E-state index contributed by atoms with van der Waals surface area (Å²) in [5, 5.41) is 3.40. The molecule has 2 amide bonds. The van der Waals surface area contributed by atoms with Gasteiger partial charge in [-0.3, -0.25) is 9.59 Å². The van der Waals surface area contributed by atoms with Crippen molar-refractivity contribution >= 4 is 51.1 Å². The van der Waals surface area contributed by atoms with E-state index in [0.29, 0.717) is 40.4 Å². The number of rotatable bonds is 10. The minimum absolute atomic E-state index is 0.151. The number of amides is 2. The molecule has 0 aliphatic rings. The third kappa shape index (κ3) is 7.24. The van der Waals surface area contributed by atoms with Gasteiger partial charge in [0, 0.05) is 11.5 Å². The highest BCUT2D eigenvalue weighted by molar-refractivity contribution is 9.10. The summed E-state index contributed by atoms with van der Waals surface area (Å²) in [5.41, 5.74) is 0.499. The lowest BCUT2D eigenvalue weighted by Crippen LogP contribution is -2.48. The third-order valence-electron chi connectivity index (χ3n) is 4.23. The van der Waals surface area contributed by atoms with Crippen LogP contribution in [0, 0.1) is 0 Å².